The van der Waals surface area contributed by atoms with Crippen molar-refractivity contribution in [3.63, 3.8) is 0 Å². The Morgan fingerprint density at radius 2 is 1.81 bits per heavy atom. The molecule has 0 bridgehead atoms. The lowest BCUT2D eigenvalue weighted by molar-refractivity contribution is 0.254. The monoisotopic (exact) mass is 555 g/mol. The van der Waals surface area contributed by atoms with Gasteiger partial charge >= 0.3 is 0 Å². The molecule has 1 fully saturated rings. The van der Waals surface area contributed by atoms with E-state index in [-0.39, 0.29) is 24.0 Å². The van der Waals surface area contributed by atoms with Gasteiger partial charge in [0.1, 0.15) is 0 Å². The number of rotatable bonds is 8. The SMILES string of the molecule is CN=C(NCCCN1CCN(c2ncccn2)CC1)N(C)Cc1ccc(SC)cc1.I. The number of benzene rings is 1. The molecule has 1 N–H and O–H groups in total. The summed E-state index contributed by atoms with van der Waals surface area (Å²) in [6.07, 6.45) is 6.81. The Bertz CT molecular complexity index is 780. The second-order valence-electron chi connectivity index (χ2n) is 7.41. The average Bonchev–Trinajstić information content (AvgIpc) is 2.80. The summed E-state index contributed by atoms with van der Waals surface area (Å²) in [6.45, 7) is 6.93. The van der Waals surface area contributed by atoms with E-state index in [1.54, 1.807) is 11.8 Å². The maximum atomic E-state index is 4.44. The summed E-state index contributed by atoms with van der Waals surface area (Å²) in [4.78, 5) is 21.4. The standard InChI is InChI=1S/C22H33N7S.HI/c1-23-21(27(2)18-19-6-8-20(30-3)9-7-19)24-12-5-13-28-14-16-29(17-15-28)22-25-10-4-11-26-22;/h4,6-11H,5,12-18H2,1-3H3,(H,23,24);1H. The average molecular weight is 556 g/mol. The van der Waals surface area contributed by atoms with E-state index >= 15 is 0 Å². The number of nitrogens with zero attached hydrogens (tertiary/aromatic N) is 6. The quantitative estimate of drug-likeness (QED) is 0.177. The van der Waals surface area contributed by atoms with Crippen molar-refractivity contribution in [1.29, 1.82) is 0 Å². The Kier molecular flexibility index (Phi) is 11.4. The third-order valence-electron chi connectivity index (χ3n) is 5.29. The molecular weight excluding hydrogens is 521 g/mol. The Morgan fingerprint density at radius 3 is 2.42 bits per heavy atom. The molecule has 0 unspecified atom stereocenters. The fraction of sp³-hybridized carbons (Fsp3) is 0.500. The first-order chi connectivity index (χ1) is 14.7. The summed E-state index contributed by atoms with van der Waals surface area (Å²) in [5.74, 6) is 1.78. The highest BCUT2D eigenvalue weighted by Crippen LogP contribution is 2.15. The highest BCUT2D eigenvalue weighted by molar-refractivity contribution is 14.0. The van der Waals surface area contributed by atoms with Crippen molar-refractivity contribution < 1.29 is 0 Å². The molecule has 31 heavy (non-hydrogen) atoms. The van der Waals surface area contributed by atoms with Crippen LogP contribution in [0, 0.1) is 0 Å². The molecular formula is C22H34IN7S. The number of thioether (sulfide) groups is 1. The van der Waals surface area contributed by atoms with Crippen LogP contribution >= 0.6 is 35.7 Å². The molecule has 3 rings (SSSR count). The second kappa shape index (κ2) is 13.7. The minimum absolute atomic E-state index is 0. The van der Waals surface area contributed by atoms with Crippen LogP contribution in [-0.4, -0.2) is 85.3 Å². The first kappa shape index (κ1) is 25.7. The van der Waals surface area contributed by atoms with Crippen molar-refractivity contribution in [3.05, 3.63) is 48.3 Å². The molecule has 1 aromatic heterocycles. The van der Waals surface area contributed by atoms with Crippen molar-refractivity contribution >= 4 is 47.6 Å². The molecule has 1 aromatic carbocycles. The fourth-order valence-electron chi connectivity index (χ4n) is 3.59. The fourth-order valence-corrected chi connectivity index (χ4v) is 4.00. The Hall–Kier alpha value is -1.59. The summed E-state index contributed by atoms with van der Waals surface area (Å²) in [5.41, 5.74) is 1.29. The number of hydrogen-bond acceptors (Lipinski definition) is 6. The smallest absolute Gasteiger partial charge is 0.225 e. The van der Waals surface area contributed by atoms with Crippen molar-refractivity contribution in [2.75, 3.05) is 64.5 Å². The topological polar surface area (TPSA) is 59.9 Å². The predicted octanol–water partition coefficient (Wildman–Crippen LogP) is 3.04. The molecule has 0 aliphatic carbocycles. The largest absolute Gasteiger partial charge is 0.356 e. The molecule has 0 saturated carbocycles. The molecule has 0 atom stereocenters. The van der Waals surface area contributed by atoms with Crippen LogP contribution in [0.5, 0.6) is 0 Å². The van der Waals surface area contributed by atoms with Gasteiger partial charge in [0.2, 0.25) is 5.95 Å². The normalized spacial score (nSPS) is 14.8. The van der Waals surface area contributed by atoms with Crippen molar-refractivity contribution in [2.24, 2.45) is 4.99 Å². The van der Waals surface area contributed by atoms with Gasteiger partial charge in [-0.05, 0) is 43.0 Å². The molecule has 7 nitrogen and oxygen atoms in total. The van der Waals surface area contributed by atoms with Gasteiger partial charge in [-0.25, -0.2) is 9.97 Å². The number of aliphatic imine (C=N–C) groups is 1. The molecule has 0 radical (unpaired) electrons. The van der Waals surface area contributed by atoms with Gasteiger partial charge in [-0.15, -0.1) is 35.7 Å². The zero-order valence-corrected chi connectivity index (χ0v) is 21.8. The molecule has 2 aromatic rings. The van der Waals surface area contributed by atoms with Crippen LogP contribution in [0.15, 0.2) is 52.6 Å². The Labute approximate surface area is 207 Å². The summed E-state index contributed by atoms with van der Waals surface area (Å²) in [6, 6.07) is 10.6. The van der Waals surface area contributed by atoms with E-state index < -0.39 is 0 Å². The van der Waals surface area contributed by atoms with E-state index in [2.05, 4.69) is 72.5 Å². The van der Waals surface area contributed by atoms with Gasteiger partial charge in [-0.3, -0.25) is 9.89 Å². The van der Waals surface area contributed by atoms with Gasteiger partial charge in [-0.2, -0.15) is 0 Å². The third kappa shape index (κ3) is 8.12. The van der Waals surface area contributed by atoms with Crippen LogP contribution in [0.1, 0.15) is 12.0 Å². The van der Waals surface area contributed by atoms with E-state index in [1.165, 1.54) is 10.5 Å². The van der Waals surface area contributed by atoms with Crippen LogP contribution in [-0.2, 0) is 6.54 Å². The second-order valence-corrected chi connectivity index (χ2v) is 8.29. The maximum Gasteiger partial charge on any atom is 0.225 e. The van der Waals surface area contributed by atoms with Crippen molar-refractivity contribution in [2.45, 2.75) is 17.9 Å². The highest BCUT2D eigenvalue weighted by Gasteiger charge is 2.18. The first-order valence-corrected chi connectivity index (χ1v) is 11.7. The minimum Gasteiger partial charge on any atom is -0.356 e. The van der Waals surface area contributed by atoms with Crippen molar-refractivity contribution in [1.82, 2.24) is 25.1 Å². The lowest BCUT2D eigenvalue weighted by atomic mass is 10.2. The molecule has 0 spiro atoms. The number of hydrogen-bond donors (Lipinski definition) is 1. The van der Waals surface area contributed by atoms with Crippen LogP contribution in [0.25, 0.3) is 0 Å². The van der Waals surface area contributed by atoms with E-state index in [0.29, 0.717) is 0 Å². The molecule has 9 heteroatoms. The molecule has 170 valence electrons. The maximum absolute atomic E-state index is 4.44. The van der Waals surface area contributed by atoms with Crippen LogP contribution in [0.2, 0.25) is 0 Å². The van der Waals surface area contributed by atoms with E-state index in [0.717, 1.165) is 64.1 Å². The third-order valence-corrected chi connectivity index (χ3v) is 6.04. The Balaban J connectivity index is 0.00000341. The molecule has 1 saturated heterocycles. The summed E-state index contributed by atoms with van der Waals surface area (Å²) >= 11 is 1.77. The molecule has 1 aliphatic heterocycles. The molecule has 0 amide bonds. The number of piperazine rings is 1. The van der Waals surface area contributed by atoms with Gasteiger partial charge in [0.15, 0.2) is 5.96 Å². The summed E-state index contributed by atoms with van der Waals surface area (Å²) in [7, 11) is 3.93. The van der Waals surface area contributed by atoms with Gasteiger partial charge in [0.05, 0.1) is 0 Å². The van der Waals surface area contributed by atoms with Crippen LogP contribution < -0.4 is 10.2 Å². The summed E-state index contributed by atoms with van der Waals surface area (Å²) < 4.78 is 0. The zero-order valence-electron chi connectivity index (χ0n) is 18.7. The zero-order chi connectivity index (χ0) is 21.2. The first-order valence-electron chi connectivity index (χ1n) is 10.5. The van der Waals surface area contributed by atoms with Gasteiger partial charge in [0.25, 0.3) is 0 Å². The molecule has 1 aliphatic rings. The Morgan fingerprint density at radius 1 is 1.13 bits per heavy atom. The van der Waals surface area contributed by atoms with Crippen LogP contribution in [0.4, 0.5) is 5.95 Å². The number of nitrogens with one attached hydrogen (secondary N) is 1. The molecule has 2 heterocycles. The summed E-state index contributed by atoms with van der Waals surface area (Å²) in [5, 5.41) is 3.50. The van der Waals surface area contributed by atoms with Gasteiger partial charge in [-0.1, -0.05) is 12.1 Å². The number of guanidine groups is 1. The minimum atomic E-state index is 0. The van der Waals surface area contributed by atoms with E-state index in [4.69, 9.17) is 0 Å². The van der Waals surface area contributed by atoms with Crippen molar-refractivity contribution in [3.8, 4) is 0 Å². The highest BCUT2D eigenvalue weighted by atomic mass is 127. The lowest BCUT2D eigenvalue weighted by Crippen LogP contribution is -2.47. The van der Waals surface area contributed by atoms with Gasteiger partial charge < -0.3 is 15.1 Å². The predicted molar refractivity (Wildman–Crippen MR) is 142 cm³/mol. The lowest BCUT2D eigenvalue weighted by Gasteiger charge is -2.34. The number of anilines is 1. The number of aromatic nitrogens is 2. The van der Waals surface area contributed by atoms with Crippen LogP contribution in [0.3, 0.4) is 0 Å². The van der Waals surface area contributed by atoms with E-state index in [9.17, 15) is 0 Å². The van der Waals surface area contributed by atoms with E-state index in [1.807, 2.05) is 25.5 Å². The number of halogens is 1. The van der Waals surface area contributed by atoms with Gasteiger partial charge in [0, 0.05) is 70.7 Å².